The summed E-state index contributed by atoms with van der Waals surface area (Å²) in [5, 5.41) is 6.51. The fraction of sp³-hybridized carbons (Fsp3) is 0.241. The molecule has 9 nitrogen and oxygen atoms in total. The molecule has 1 aromatic heterocycles. The number of hydrogen-bond acceptors (Lipinski definition) is 7. The van der Waals surface area contributed by atoms with Crippen LogP contribution in [0.5, 0.6) is 5.75 Å². The van der Waals surface area contributed by atoms with E-state index < -0.39 is 0 Å². The van der Waals surface area contributed by atoms with Crippen molar-refractivity contribution in [2.45, 2.75) is 6.54 Å². The standard InChI is InChI=1S/C29H30N4O5/c30-24-3-1-2-4-25(24)32-28(34)21-6-8-23(9-7-21)37-14-11-31-29(35)27-18-22-17-20(5-10-26(22)38-27)19-33-12-15-36-16-13-33/h1-10,17-18H,11-16,19,30H2,(H,31,35)(H,32,34). The van der Waals surface area contributed by atoms with Crippen LogP contribution in [0.25, 0.3) is 11.0 Å². The number of hydrogen-bond donors (Lipinski definition) is 3. The molecule has 0 spiro atoms. The monoisotopic (exact) mass is 514 g/mol. The molecule has 1 saturated heterocycles. The van der Waals surface area contributed by atoms with E-state index in [0.717, 1.165) is 38.2 Å². The second-order valence-electron chi connectivity index (χ2n) is 9.04. The topological polar surface area (TPSA) is 119 Å². The van der Waals surface area contributed by atoms with Crippen LogP contribution in [-0.4, -0.2) is 56.2 Å². The van der Waals surface area contributed by atoms with Gasteiger partial charge in [0, 0.05) is 30.6 Å². The van der Waals surface area contributed by atoms with Crippen LogP contribution in [0.1, 0.15) is 26.5 Å². The minimum atomic E-state index is -0.299. The molecule has 0 unspecified atom stereocenters. The van der Waals surface area contributed by atoms with E-state index in [1.165, 1.54) is 5.56 Å². The number of nitrogens with two attached hydrogens (primary N) is 1. The molecular weight excluding hydrogens is 484 g/mol. The van der Waals surface area contributed by atoms with E-state index >= 15 is 0 Å². The summed E-state index contributed by atoms with van der Waals surface area (Å²) in [4.78, 5) is 27.4. The van der Waals surface area contributed by atoms with Gasteiger partial charge in [0.1, 0.15) is 17.9 Å². The molecule has 2 heterocycles. The van der Waals surface area contributed by atoms with E-state index in [9.17, 15) is 9.59 Å². The zero-order valence-electron chi connectivity index (χ0n) is 20.9. The summed E-state index contributed by atoms with van der Waals surface area (Å²) in [5.74, 6) is 0.289. The Morgan fingerprint density at radius 1 is 0.947 bits per heavy atom. The van der Waals surface area contributed by atoms with Crippen molar-refractivity contribution >= 4 is 34.2 Å². The summed E-state index contributed by atoms with van der Waals surface area (Å²) in [6, 6.07) is 21.6. The average Bonchev–Trinajstić information content (AvgIpc) is 3.37. The first kappa shape index (κ1) is 25.3. The van der Waals surface area contributed by atoms with E-state index in [0.29, 0.717) is 34.8 Å². The van der Waals surface area contributed by atoms with Gasteiger partial charge in [-0.05, 0) is 60.2 Å². The second-order valence-corrected chi connectivity index (χ2v) is 9.04. The minimum absolute atomic E-state index is 0.262. The average molecular weight is 515 g/mol. The molecule has 196 valence electrons. The zero-order chi connectivity index (χ0) is 26.3. The van der Waals surface area contributed by atoms with Crippen LogP contribution in [0, 0.1) is 0 Å². The molecule has 0 bridgehead atoms. The number of benzene rings is 3. The molecule has 0 aliphatic carbocycles. The largest absolute Gasteiger partial charge is 0.492 e. The number of carbonyl (C=O) groups excluding carboxylic acids is 2. The number of carbonyl (C=O) groups is 2. The van der Waals surface area contributed by atoms with Gasteiger partial charge in [0.15, 0.2) is 5.76 Å². The lowest BCUT2D eigenvalue weighted by atomic mass is 10.1. The first-order chi connectivity index (χ1) is 18.5. The number of fused-ring (bicyclic) bond motifs is 1. The predicted molar refractivity (Wildman–Crippen MR) is 145 cm³/mol. The van der Waals surface area contributed by atoms with Gasteiger partial charge in [0.2, 0.25) is 0 Å². The molecule has 5 rings (SSSR count). The fourth-order valence-electron chi connectivity index (χ4n) is 4.25. The molecule has 1 aliphatic rings. The Morgan fingerprint density at radius 2 is 1.74 bits per heavy atom. The SMILES string of the molecule is Nc1ccccc1NC(=O)c1ccc(OCCNC(=O)c2cc3cc(CN4CCOCC4)ccc3o2)cc1. The zero-order valence-corrected chi connectivity index (χ0v) is 20.9. The quantitative estimate of drug-likeness (QED) is 0.229. The Morgan fingerprint density at radius 3 is 2.53 bits per heavy atom. The van der Waals surface area contributed by atoms with E-state index in [1.54, 1.807) is 54.6 Å². The first-order valence-corrected chi connectivity index (χ1v) is 12.5. The van der Waals surface area contributed by atoms with Crippen LogP contribution < -0.4 is 21.1 Å². The minimum Gasteiger partial charge on any atom is -0.492 e. The molecule has 38 heavy (non-hydrogen) atoms. The third-order valence-electron chi connectivity index (χ3n) is 6.30. The van der Waals surface area contributed by atoms with Crippen molar-refractivity contribution in [1.29, 1.82) is 0 Å². The third-order valence-corrected chi connectivity index (χ3v) is 6.30. The number of amides is 2. The highest BCUT2D eigenvalue weighted by atomic mass is 16.5. The van der Waals surface area contributed by atoms with Gasteiger partial charge in [-0.3, -0.25) is 14.5 Å². The van der Waals surface area contributed by atoms with Crippen molar-refractivity contribution in [3.8, 4) is 5.75 Å². The number of nitrogens with zero attached hydrogens (tertiary/aromatic N) is 1. The number of anilines is 2. The highest BCUT2D eigenvalue weighted by Crippen LogP contribution is 2.22. The van der Waals surface area contributed by atoms with E-state index in [2.05, 4.69) is 21.6 Å². The molecule has 0 saturated carbocycles. The van der Waals surface area contributed by atoms with Crippen molar-refractivity contribution in [3.63, 3.8) is 0 Å². The van der Waals surface area contributed by atoms with Gasteiger partial charge in [0.25, 0.3) is 11.8 Å². The van der Waals surface area contributed by atoms with Crippen LogP contribution in [0.3, 0.4) is 0 Å². The molecule has 1 aliphatic heterocycles. The maximum Gasteiger partial charge on any atom is 0.287 e. The smallest absolute Gasteiger partial charge is 0.287 e. The van der Waals surface area contributed by atoms with Gasteiger partial charge in [-0.1, -0.05) is 18.2 Å². The normalized spacial score (nSPS) is 13.8. The molecule has 9 heteroatoms. The molecular formula is C29H30N4O5. The highest BCUT2D eigenvalue weighted by molar-refractivity contribution is 6.05. The van der Waals surface area contributed by atoms with E-state index in [4.69, 9.17) is 19.6 Å². The molecule has 4 aromatic rings. The third kappa shape index (κ3) is 6.31. The number of nitrogens with one attached hydrogen (secondary N) is 2. The number of nitrogen functional groups attached to an aromatic ring is 1. The van der Waals surface area contributed by atoms with Crippen molar-refractivity contribution in [2.75, 3.05) is 50.5 Å². The lowest BCUT2D eigenvalue weighted by Crippen LogP contribution is -2.35. The van der Waals surface area contributed by atoms with Crippen molar-refractivity contribution in [3.05, 3.63) is 89.7 Å². The summed E-state index contributed by atoms with van der Waals surface area (Å²) in [6.45, 7) is 4.77. The van der Waals surface area contributed by atoms with E-state index in [1.807, 2.05) is 12.1 Å². The van der Waals surface area contributed by atoms with Crippen LogP contribution >= 0.6 is 0 Å². The fourth-order valence-corrected chi connectivity index (χ4v) is 4.25. The molecule has 0 atom stereocenters. The summed E-state index contributed by atoms with van der Waals surface area (Å²) in [7, 11) is 0. The van der Waals surface area contributed by atoms with Crippen molar-refractivity contribution in [2.24, 2.45) is 0 Å². The number of para-hydroxylation sites is 2. The second kappa shape index (κ2) is 11.8. The van der Waals surface area contributed by atoms with Crippen LogP contribution in [0.2, 0.25) is 0 Å². The summed E-state index contributed by atoms with van der Waals surface area (Å²) < 4.78 is 16.9. The van der Waals surface area contributed by atoms with Gasteiger partial charge < -0.3 is 30.3 Å². The summed E-state index contributed by atoms with van der Waals surface area (Å²) in [5.41, 5.74) is 9.27. The number of rotatable bonds is 9. The Labute approximate surface area is 220 Å². The maximum absolute atomic E-state index is 12.6. The maximum atomic E-state index is 12.6. The Bertz CT molecular complexity index is 1410. The lowest BCUT2D eigenvalue weighted by molar-refractivity contribution is 0.0342. The van der Waals surface area contributed by atoms with E-state index in [-0.39, 0.29) is 24.2 Å². The number of morpholine rings is 1. The van der Waals surface area contributed by atoms with Gasteiger partial charge in [-0.15, -0.1) is 0 Å². The van der Waals surface area contributed by atoms with Gasteiger partial charge >= 0.3 is 0 Å². The van der Waals surface area contributed by atoms with Gasteiger partial charge in [0.05, 0.1) is 31.1 Å². The molecule has 1 fully saturated rings. The van der Waals surface area contributed by atoms with Crippen LogP contribution in [-0.2, 0) is 11.3 Å². The Hall–Kier alpha value is -4.34. The Kier molecular flexibility index (Phi) is 7.86. The number of ether oxygens (including phenoxy) is 2. The molecule has 2 amide bonds. The van der Waals surface area contributed by atoms with Gasteiger partial charge in [-0.25, -0.2) is 0 Å². The lowest BCUT2D eigenvalue weighted by Gasteiger charge is -2.26. The van der Waals surface area contributed by atoms with Gasteiger partial charge in [-0.2, -0.15) is 0 Å². The van der Waals surface area contributed by atoms with Crippen LogP contribution in [0.15, 0.2) is 77.2 Å². The highest BCUT2D eigenvalue weighted by Gasteiger charge is 2.15. The molecule has 0 radical (unpaired) electrons. The van der Waals surface area contributed by atoms with Crippen molar-refractivity contribution < 1.29 is 23.5 Å². The predicted octanol–water partition coefficient (Wildman–Crippen LogP) is 3.91. The molecule has 3 aromatic carbocycles. The van der Waals surface area contributed by atoms with Crippen molar-refractivity contribution in [1.82, 2.24) is 10.2 Å². The summed E-state index contributed by atoms with van der Waals surface area (Å²) >= 11 is 0. The Balaban J connectivity index is 1.08. The summed E-state index contributed by atoms with van der Waals surface area (Å²) in [6.07, 6.45) is 0. The molecule has 4 N–H and O–H groups in total. The van der Waals surface area contributed by atoms with Crippen LogP contribution in [0.4, 0.5) is 11.4 Å². The number of furan rings is 1. The first-order valence-electron chi connectivity index (χ1n) is 12.5.